The lowest BCUT2D eigenvalue weighted by atomic mass is 10.1. The summed E-state index contributed by atoms with van der Waals surface area (Å²) in [5.74, 6) is -0.0865. The molecule has 2 aromatic rings. The molecule has 2 N–H and O–H groups in total. The van der Waals surface area contributed by atoms with Gasteiger partial charge in [-0.05, 0) is 36.6 Å². The first kappa shape index (κ1) is 16.4. The van der Waals surface area contributed by atoms with E-state index in [1.807, 2.05) is 6.07 Å². The van der Waals surface area contributed by atoms with Gasteiger partial charge in [-0.15, -0.1) is 10.2 Å². The summed E-state index contributed by atoms with van der Waals surface area (Å²) in [7, 11) is 0. The summed E-state index contributed by atoms with van der Waals surface area (Å²) in [5.41, 5.74) is 0.720. The number of rotatable bonds is 4. The number of hydrogen-bond acceptors (Lipinski definition) is 5. The highest BCUT2D eigenvalue weighted by atomic mass is 35.5. The summed E-state index contributed by atoms with van der Waals surface area (Å²) in [6, 6.07) is 6.56. The molecule has 1 atom stereocenters. The number of nitrogens with zero attached hydrogens (tertiary/aromatic N) is 4. The molecular weight excluding hydrogens is 332 g/mol. The number of aromatic nitrogens is 4. The average molecular weight is 349 g/mol. The fourth-order valence-corrected chi connectivity index (χ4v) is 2.69. The third-order valence-electron chi connectivity index (χ3n) is 3.69. The second kappa shape index (κ2) is 7.39. The Morgan fingerprint density at radius 1 is 1.42 bits per heavy atom. The third kappa shape index (κ3) is 4.08. The molecule has 8 nitrogen and oxygen atoms in total. The van der Waals surface area contributed by atoms with Crippen molar-refractivity contribution in [2.45, 2.75) is 31.8 Å². The van der Waals surface area contributed by atoms with E-state index in [4.69, 9.17) is 11.6 Å². The van der Waals surface area contributed by atoms with Gasteiger partial charge in [-0.2, -0.15) is 4.80 Å². The molecule has 126 valence electrons. The molecule has 2 heterocycles. The van der Waals surface area contributed by atoms with E-state index in [9.17, 15) is 9.59 Å². The number of benzene rings is 1. The van der Waals surface area contributed by atoms with E-state index in [1.165, 1.54) is 4.80 Å². The highest BCUT2D eigenvalue weighted by Gasteiger charge is 2.22. The first-order chi connectivity index (χ1) is 11.6. The summed E-state index contributed by atoms with van der Waals surface area (Å²) in [5, 5.41) is 18.0. The monoisotopic (exact) mass is 348 g/mol. The Morgan fingerprint density at radius 3 is 3.12 bits per heavy atom. The first-order valence-corrected chi connectivity index (χ1v) is 8.10. The average Bonchev–Trinajstić information content (AvgIpc) is 2.92. The minimum atomic E-state index is -0.504. The van der Waals surface area contributed by atoms with Gasteiger partial charge in [0.25, 0.3) is 0 Å². The molecule has 1 fully saturated rings. The molecule has 0 saturated carbocycles. The minimum absolute atomic E-state index is 0.0999. The molecule has 9 heteroatoms. The van der Waals surface area contributed by atoms with Crippen LogP contribution in [0.3, 0.4) is 0 Å². The van der Waals surface area contributed by atoms with Gasteiger partial charge in [-0.1, -0.05) is 23.7 Å². The van der Waals surface area contributed by atoms with Gasteiger partial charge in [0.2, 0.25) is 17.6 Å². The zero-order valence-corrected chi connectivity index (χ0v) is 13.7. The molecule has 1 aliphatic rings. The quantitative estimate of drug-likeness (QED) is 0.850. The summed E-state index contributed by atoms with van der Waals surface area (Å²) in [4.78, 5) is 25.1. The molecule has 1 aliphatic heterocycles. The van der Waals surface area contributed by atoms with E-state index in [-0.39, 0.29) is 18.4 Å². The molecule has 1 aromatic heterocycles. The van der Waals surface area contributed by atoms with Gasteiger partial charge >= 0.3 is 0 Å². The zero-order chi connectivity index (χ0) is 16.9. The number of halogens is 1. The van der Waals surface area contributed by atoms with Gasteiger partial charge in [-0.3, -0.25) is 9.59 Å². The third-order valence-corrected chi connectivity index (χ3v) is 3.93. The van der Waals surface area contributed by atoms with Crippen LogP contribution in [0.2, 0.25) is 5.02 Å². The lowest BCUT2D eigenvalue weighted by molar-refractivity contribution is -0.129. The Balaban J connectivity index is 1.62. The maximum absolute atomic E-state index is 12.1. The fourth-order valence-electron chi connectivity index (χ4n) is 2.50. The summed E-state index contributed by atoms with van der Waals surface area (Å²) >= 11 is 5.94. The smallest absolute Gasteiger partial charge is 0.244 e. The van der Waals surface area contributed by atoms with Crippen LogP contribution in [0.25, 0.3) is 11.4 Å². The first-order valence-electron chi connectivity index (χ1n) is 7.72. The molecular formula is C15H17ClN6O2. The molecule has 1 saturated heterocycles. The van der Waals surface area contributed by atoms with Crippen LogP contribution in [0.1, 0.15) is 19.3 Å². The summed E-state index contributed by atoms with van der Waals surface area (Å²) in [6.07, 6.45) is 2.45. The molecule has 0 spiro atoms. The van der Waals surface area contributed by atoms with Gasteiger partial charge < -0.3 is 10.6 Å². The van der Waals surface area contributed by atoms with Crippen molar-refractivity contribution in [1.82, 2.24) is 30.8 Å². The zero-order valence-electron chi connectivity index (χ0n) is 12.9. The van der Waals surface area contributed by atoms with Gasteiger partial charge in [0.15, 0.2) is 0 Å². The molecule has 1 aromatic carbocycles. The Morgan fingerprint density at radius 2 is 2.29 bits per heavy atom. The molecule has 3 rings (SSSR count). The van der Waals surface area contributed by atoms with Crippen molar-refractivity contribution in [3.8, 4) is 11.4 Å². The molecule has 0 radical (unpaired) electrons. The van der Waals surface area contributed by atoms with Crippen LogP contribution in [0.4, 0.5) is 0 Å². The van der Waals surface area contributed by atoms with Gasteiger partial charge in [0.1, 0.15) is 12.6 Å². The highest BCUT2D eigenvalue weighted by Crippen LogP contribution is 2.18. The van der Waals surface area contributed by atoms with Crippen LogP contribution in [-0.2, 0) is 16.1 Å². The number of nitrogens with one attached hydrogen (secondary N) is 2. The van der Waals surface area contributed by atoms with Crippen LogP contribution < -0.4 is 10.6 Å². The van der Waals surface area contributed by atoms with Crippen molar-refractivity contribution in [1.29, 1.82) is 0 Å². The molecule has 0 unspecified atom stereocenters. The van der Waals surface area contributed by atoms with E-state index in [0.29, 0.717) is 23.8 Å². The van der Waals surface area contributed by atoms with E-state index in [2.05, 4.69) is 26.0 Å². The van der Waals surface area contributed by atoms with Crippen LogP contribution in [-0.4, -0.2) is 44.6 Å². The normalized spacial score (nSPS) is 17.9. The predicted molar refractivity (Wildman–Crippen MR) is 87.1 cm³/mol. The SMILES string of the molecule is O=C(Cn1nnc(-c2cccc(Cl)c2)n1)N[C@@H]1CCCCNC1=O. The molecule has 2 amide bonds. The standard InChI is InChI=1S/C15H17ClN6O2/c16-11-5-3-4-10(8-11)14-19-21-22(20-14)9-13(23)18-12-6-1-2-7-17-15(12)24/h3-5,8,12H,1-2,6-7,9H2,(H,17,24)(H,18,23)/t12-/m1/s1. The van der Waals surface area contributed by atoms with Crippen molar-refractivity contribution in [3.05, 3.63) is 29.3 Å². The van der Waals surface area contributed by atoms with E-state index < -0.39 is 6.04 Å². The maximum atomic E-state index is 12.1. The second-order valence-corrected chi connectivity index (χ2v) is 6.00. The maximum Gasteiger partial charge on any atom is 0.244 e. The number of carbonyl (C=O) groups is 2. The number of tetrazole rings is 1. The molecule has 0 aliphatic carbocycles. The lowest BCUT2D eigenvalue weighted by Crippen LogP contribution is -2.46. The summed E-state index contributed by atoms with van der Waals surface area (Å²) in [6.45, 7) is 0.552. The number of amides is 2. The number of carbonyl (C=O) groups excluding carboxylic acids is 2. The van der Waals surface area contributed by atoms with Crippen LogP contribution >= 0.6 is 11.6 Å². The van der Waals surface area contributed by atoms with Gasteiger partial charge in [0.05, 0.1) is 0 Å². The Bertz CT molecular complexity index is 747. The minimum Gasteiger partial charge on any atom is -0.354 e. The van der Waals surface area contributed by atoms with Crippen LogP contribution in [0, 0.1) is 0 Å². The number of hydrogen-bond donors (Lipinski definition) is 2. The van der Waals surface area contributed by atoms with Crippen LogP contribution in [0.15, 0.2) is 24.3 Å². The Kier molecular flexibility index (Phi) is 5.05. The van der Waals surface area contributed by atoms with Gasteiger partial charge in [0, 0.05) is 17.1 Å². The van der Waals surface area contributed by atoms with Crippen molar-refractivity contribution in [3.63, 3.8) is 0 Å². The Labute approximate surface area is 143 Å². The lowest BCUT2D eigenvalue weighted by Gasteiger charge is -2.14. The van der Waals surface area contributed by atoms with Crippen molar-refractivity contribution in [2.75, 3.05) is 6.54 Å². The molecule has 0 bridgehead atoms. The van der Waals surface area contributed by atoms with Crippen molar-refractivity contribution >= 4 is 23.4 Å². The fraction of sp³-hybridized carbons (Fsp3) is 0.400. The van der Waals surface area contributed by atoms with Crippen LogP contribution in [0.5, 0.6) is 0 Å². The highest BCUT2D eigenvalue weighted by molar-refractivity contribution is 6.30. The van der Waals surface area contributed by atoms with Crippen molar-refractivity contribution < 1.29 is 9.59 Å². The van der Waals surface area contributed by atoms with E-state index in [1.54, 1.807) is 18.2 Å². The Hall–Kier alpha value is -2.48. The summed E-state index contributed by atoms with van der Waals surface area (Å²) < 4.78 is 0. The van der Waals surface area contributed by atoms with E-state index >= 15 is 0 Å². The predicted octanol–water partition coefficient (Wildman–Crippen LogP) is 0.778. The van der Waals surface area contributed by atoms with Gasteiger partial charge in [-0.25, -0.2) is 0 Å². The molecule has 24 heavy (non-hydrogen) atoms. The van der Waals surface area contributed by atoms with Crippen molar-refractivity contribution in [2.24, 2.45) is 0 Å². The van der Waals surface area contributed by atoms with E-state index in [0.717, 1.165) is 18.4 Å². The largest absolute Gasteiger partial charge is 0.354 e. The second-order valence-electron chi connectivity index (χ2n) is 5.56. The topological polar surface area (TPSA) is 102 Å².